The van der Waals surface area contributed by atoms with Crippen LogP contribution in [0.5, 0.6) is 0 Å². The van der Waals surface area contributed by atoms with E-state index in [0.717, 1.165) is 10.7 Å². The lowest BCUT2D eigenvalue weighted by molar-refractivity contribution is -0.136. The highest BCUT2D eigenvalue weighted by Crippen LogP contribution is 2.22. The van der Waals surface area contributed by atoms with Gasteiger partial charge in [-0.1, -0.05) is 22.9 Å². The van der Waals surface area contributed by atoms with Gasteiger partial charge in [-0.3, -0.25) is 9.20 Å². The molecule has 6 heteroatoms. The number of rotatable bonds is 3. The Morgan fingerprint density at radius 1 is 1.64 bits per heavy atom. The number of aromatic nitrogens is 2. The SMILES string of the molecule is O=C(O)CCc1cn2cc(Cl)sc2n1. The van der Waals surface area contributed by atoms with Crippen LogP contribution in [0.4, 0.5) is 0 Å². The second kappa shape index (κ2) is 3.59. The number of nitrogens with zero attached hydrogens (tertiary/aromatic N) is 2. The molecule has 14 heavy (non-hydrogen) atoms. The number of aliphatic carboxylic acids is 1. The van der Waals surface area contributed by atoms with Crippen LogP contribution < -0.4 is 0 Å². The smallest absolute Gasteiger partial charge is 0.303 e. The van der Waals surface area contributed by atoms with Gasteiger partial charge in [-0.25, -0.2) is 4.98 Å². The molecule has 0 bridgehead atoms. The van der Waals surface area contributed by atoms with Crippen LogP contribution in [0.15, 0.2) is 12.4 Å². The molecular formula is C8H7ClN2O2S. The molecule has 0 amide bonds. The van der Waals surface area contributed by atoms with Crippen LogP contribution in [0.2, 0.25) is 4.34 Å². The van der Waals surface area contributed by atoms with Gasteiger partial charge in [0.15, 0.2) is 4.96 Å². The summed E-state index contributed by atoms with van der Waals surface area (Å²) in [7, 11) is 0. The normalized spacial score (nSPS) is 10.9. The molecule has 0 saturated carbocycles. The van der Waals surface area contributed by atoms with Gasteiger partial charge in [0.05, 0.1) is 12.1 Å². The maximum absolute atomic E-state index is 10.3. The number of hydrogen-bond donors (Lipinski definition) is 1. The molecule has 0 saturated heterocycles. The molecule has 0 radical (unpaired) electrons. The molecule has 0 fully saturated rings. The van der Waals surface area contributed by atoms with Crippen LogP contribution in [-0.4, -0.2) is 20.5 Å². The minimum absolute atomic E-state index is 0.110. The van der Waals surface area contributed by atoms with Crippen molar-refractivity contribution in [3.63, 3.8) is 0 Å². The summed E-state index contributed by atoms with van der Waals surface area (Å²) in [4.78, 5) is 15.4. The van der Waals surface area contributed by atoms with Crippen molar-refractivity contribution in [2.45, 2.75) is 12.8 Å². The number of imidazole rings is 1. The van der Waals surface area contributed by atoms with Gasteiger partial charge in [-0.05, 0) is 0 Å². The molecule has 0 aliphatic carbocycles. The Bertz CT molecular complexity index is 445. The molecule has 0 unspecified atom stereocenters. The average Bonchev–Trinajstić information content (AvgIpc) is 2.57. The van der Waals surface area contributed by atoms with Crippen LogP contribution in [0.25, 0.3) is 4.96 Å². The molecule has 0 atom stereocenters. The van der Waals surface area contributed by atoms with E-state index < -0.39 is 5.97 Å². The highest BCUT2D eigenvalue weighted by Gasteiger charge is 2.06. The predicted octanol–water partition coefficient (Wildman–Crippen LogP) is 2.07. The maximum Gasteiger partial charge on any atom is 0.303 e. The van der Waals surface area contributed by atoms with E-state index >= 15 is 0 Å². The van der Waals surface area contributed by atoms with E-state index in [1.165, 1.54) is 11.3 Å². The average molecular weight is 231 g/mol. The van der Waals surface area contributed by atoms with Crippen molar-refractivity contribution in [3.05, 3.63) is 22.4 Å². The minimum atomic E-state index is -0.806. The lowest BCUT2D eigenvalue weighted by Crippen LogP contribution is -1.97. The van der Waals surface area contributed by atoms with Crippen LogP contribution in [0.1, 0.15) is 12.1 Å². The fourth-order valence-corrected chi connectivity index (χ4v) is 2.20. The summed E-state index contributed by atoms with van der Waals surface area (Å²) in [5, 5.41) is 8.49. The third-order valence-electron chi connectivity index (χ3n) is 1.77. The van der Waals surface area contributed by atoms with E-state index in [9.17, 15) is 4.79 Å². The van der Waals surface area contributed by atoms with E-state index in [4.69, 9.17) is 16.7 Å². The van der Waals surface area contributed by atoms with Gasteiger partial charge in [-0.2, -0.15) is 0 Å². The van der Waals surface area contributed by atoms with Crippen molar-refractivity contribution in [2.75, 3.05) is 0 Å². The number of carbonyl (C=O) groups is 1. The Labute approximate surface area is 88.8 Å². The second-order valence-electron chi connectivity index (χ2n) is 2.85. The number of fused-ring (bicyclic) bond motifs is 1. The third kappa shape index (κ3) is 1.88. The van der Waals surface area contributed by atoms with Gasteiger partial charge < -0.3 is 5.11 Å². The first-order valence-electron chi connectivity index (χ1n) is 4.00. The lowest BCUT2D eigenvalue weighted by Gasteiger charge is -1.89. The molecule has 2 heterocycles. The summed E-state index contributed by atoms with van der Waals surface area (Å²) in [5.74, 6) is -0.806. The molecule has 1 N–H and O–H groups in total. The molecule has 4 nitrogen and oxygen atoms in total. The van der Waals surface area contributed by atoms with Gasteiger partial charge in [-0.15, -0.1) is 0 Å². The number of carboxylic acid groups (broad SMARTS) is 1. The molecule has 0 aliphatic rings. The monoisotopic (exact) mass is 230 g/mol. The van der Waals surface area contributed by atoms with Crippen molar-refractivity contribution in [3.8, 4) is 0 Å². The van der Waals surface area contributed by atoms with Crippen LogP contribution >= 0.6 is 22.9 Å². The van der Waals surface area contributed by atoms with E-state index in [-0.39, 0.29) is 6.42 Å². The predicted molar refractivity (Wildman–Crippen MR) is 54.0 cm³/mol. The Morgan fingerprint density at radius 3 is 3.07 bits per heavy atom. The summed E-state index contributed by atoms with van der Waals surface area (Å²) >= 11 is 7.14. The molecule has 2 aromatic heterocycles. The molecule has 2 aromatic rings. The molecule has 0 aliphatic heterocycles. The minimum Gasteiger partial charge on any atom is -0.481 e. The Kier molecular flexibility index (Phi) is 2.43. The highest BCUT2D eigenvalue weighted by atomic mass is 35.5. The van der Waals surface area contributed by atoms with Gasteiger partial charge in [0.1, 0.15) is 4.34 Å². The highest BCUT2D eigenvalue weighted by molar-refractivity contribution is 7.20. The second-order valence-corrected chi connectivity index (χ2v) is 4.49. The fraction of sp³-hybridized carbons (Fsp3) is 0.250. The quantitative estimate of drug-likeness (QED) is 0.878. The van der Waals surface area contributed by atoms with Gasteiger partial charge in [0.2, 0.25) is 0 Å². The van der Waals surface area contributed by atoms with Crippen LogP contribution in [0, 0.1) is 0 Å². The van der Waals surface area contributed by atoms with E-state index in [0.29, 0.717) is 10.8 Å². The zero-order valence-corrected chi connectivity index (χ0v) is 8.68. The van der Waals surface area contributed by atoms with Crippen LogP contribution in [-0.2, 0) is 11.2 Å². The van der Waals surface area contributed by atoms with Crippen molar-refractivity contribution in [2.24, 2.45) is 0 Å². The van der Waals surface area contributed by atoms with Gasteiger partial charge in [0.25, 0.3) is 0 Å². The largest absolute Gasteiger partial charge is 0.481 e. The lowest BCUT2D eigenvalue weighted by atomic mass is 10.2. The summed E-state index contributed by atoms with van der Waals surface area (Å²) < 4.78 is 2.49. The first kappa shape index (κ1) is 9.48. The first-order chi connectivity index (χ1) is 6.65. The summed E-state index contributed by atoms with van der Waals surface area (Å²) in [6.45, 7) is 0. The first-order valence-corrected chi connectivity index (χ1v) is 5.19. The van der Waals surface area contributed by atoms with E-state index in [1.54, 1.807) is 12.4 Å². The summed E-state index contributed by atoms with van der Waals surface area (Å²) in [6, 6.07) is 0. The van der Waals surface area contributed by atoms with Gasteiger partial charge >= 0.3 is 5.97 Å². The van der Waals surface area contributed by atoms with E-state index in [2.05, 4.69) is 4.98 Å². The third-order valence-corrected chi connectivity index (χ3v) is 2.89. The number of carboxylic acids is 1. The van der Waals surface area contributed by atoms with Crippen molar-refractivity contribution in [1.82, 2.24) is 9.38 Å². The molecule has 0 aromatic carbocycles. The topological polar surface area (TPSA) is 54.6 Å². The Morgan fingerprint density at radius 2 is 2.43 bits per heavy atom. The maximum atomic E-state index is 10.3. The zero-order chi connectivity index (χ0) is 10.1. The molecule has 0 spiro atoms. The van der Waals surface area contributed by atoms with Crippen molar-refractivity contribution < 1.29 is 9.90 Å². The fourth-order valence-electron chi connectivity index (χ4n) is 1.17. The molecule has 2 rings (SSSR count). The molecule has 74 valence electrons. The summed E-state index contributed by atoms with van der Waals surface area (Å²) in [6.07, 6.45) is 4.14. The van der Waals surface area contributed by atoms with Gasteiger partial charge in [0, 0.05) is 18.8 Å². The van der Waals surface area contributed by atoms with E-state index in [1.807, 2.05) is 4.40 Å². The molecular weight excluding hydrogens is 224 g/mol. The van der Waals surface area contributed by atoms with Crippen molar-refractivity contribution in [1.29, 1.82) is 0 Å². The zero-order valence-electron chi connectivity index (χ0n) is 7.11. The number of hydrogen-bond acceptors (Lipinski definition) is 3. The number of thiazole rings is 1. The van der Waals surface area contributed by atoms with Crippen LogP contribution in [0.3, 0.4) is 0 Å². The Balaban J connectivity index is 2.19. The number of aryl methyl sites for hydroxylation is 1. The van der Waals surface area contributed by atoms with Crippen molar-refractivity contribution >= 4 is 33.9 Å². The standard InChI is InChI=1S/C8H7ClN2O2S/c9-6-4-11-3-5(1-2-7(12)13)10-8(11)14-6/h3-4H,1-2H2,(H,12,13). The number of halogens is 1. The summed E-state index contributed by atoms with van der Waals surface area (Å²) in [5.41, 5.74) is 0.787. The Hall–Kier alpha value is -1.07.